The Labute approximate surface area is 140 Å². The van der Waals surface area contributed by atoms with Crippen LogP contribution in [0.1, 0.15) is 57.7 Å². The summed E-state index contributed by atoms with van der Waals surface area (Å²) in [5, 5.41) is 27.5. The van der Waals surface area contributed by atoms with Gasteiger partial charge in [-0.1, -0.05) is 29.7 Å². The predicted molar refractivity (Wildman–Crippen MR) is 94.4 cm³/mol. The molecule has 4 nitrogen and oxygen atoms in total. The smallest absolute Gasteiger partial charge is 0.114 e. The van der Waals surface area contributed by atoms with E-state index in [-0.39, 0.29) is 0 Å². The van der Waals surface area contributed by atoms with Gasteiger partial charge in [-0.2, -0.15) is 5.48 Å². The first kappa shape index (κ1) is 19.9. The third kappa shape index (κ3) is 4.45. The summed E-state index contributed by atoms with van der Waals surface area (Å²) in [6, 6.07) is 6.01. The molecule has 2 radical (unpaired) electrons. The zero-order chi connectivity index (χ0) is 18.1. The minimum atomic E-state index is -1.01. The Morgan fingerprint density at radius 3 is 2.09 bits per heavy atom. The third-order valence-electron chi connectivity index (χ3n) is 4.61. The molecule has 4 N–H and O–H groups in total. The van der Waals surface area contributed by atoms with Crippen molar-refractivity contribution in [3.63, 3.8) is 0 Å². The lowest BCUT2D eigenvalue weighted by Crippen LogP contribution is -2.44. The van der Waals surface area contributed by atoms with E-state index in [2.05, 4.69) is 5.48 Å². The van der Waals surface area contributed by atoms with E-state index in [4.69, 9.17) is 18.1 Å². The van der Waals surface area contributed by atoms with Crippen molar-refractivity contribution < 1.29 is 15.4 Å². The molecule has 0 aromatic heterocycles. The number of rotatable bonds is 2. The minimum absolute atomic E-state index is 0.427. The van der Waals surface area contributed by atoms with E-state index < -0.39 is 16.7 Å². The van der Waals surface area contributed by atoms with Crippen LogP contribution >= 0.6 is 0 Å². The first-order chi connectivity index (χ1) is 10.3. The zero-order valence-corrected chi connectivity index (χ0v) is 14.9. The second-order valence-corrected chi connectivity index (χ2v) is 7.42. The summed E-state index contributed by atoms with van der Waals surface area (Å²) in [5.41, 5.74) is 4.00. The SMILES string of the molecule is CC(C)(O)C(C)(C)O.[B]C1=CCC(C)(NO)c2c(C)cccc21. The highest BCUT2D eigenvalue weighted by Gasteiger charge is 2.32. The van der Waals surface area contributed by atoms with Crippen LogP contribution in [0.15, 0.2) is 24.3 Å². The van der Waals surface area contributed by atoms with Gasteiger partial charge < -0.3 is 15.4 Å². The van der Waals surface area contributed by atoms with Crippen LogP contribution in [-0.4, -0.2) is 34.5 Å². The Hall–Kier alpha value is -1.14. The molecule has 0 saturated carbocycles. The van der Waals surface area contributed by atoms with Crippen LogP contribution in [0.3, 0.4) is 0 Å². The molecular formula is C18H28BNO3. The quantitative estimate of drug-likeness (QED) is 0.500. The van der Waals surface area contributed by atoms with Gasteiger partial charge in [-0.25, -0.2) is 0 Å². The Bertz CT molecular complexity index is 573. The van der Waals surface area contributed by atoms with Crippen molar-refractivity contribution >= 4 is 13.3 Å². The van der Waals surface area contributed by atoms with Gasteiger partial charge in [-0.15, -0.1) is 0 Å². The first-order valence-corrected chi connectivity index (χ1v) is 7.75. The van der Waals surface area contributed by atoms with Gasteiger partial charge in [-0.3, -0.25) is 0 Å². The molecule has 23 heavy (non-hydrogen) atoms. The number of hydroxylamine groups is 1. The largest absolute Gasteiger partial charge is 0.387 e. The summed E-state index contributed by atoms with van der Waals surface area (Å²) in [6.45, 7) is 10.3. The second-order valence-electron chi connectivity index (χ2n) is 7.42. The number of nitrogens with one attached hydrogen (secondary N) is 1. The molecule has 0 aliphatic heterocycles. The van der Waals surface area contributed by atoms with E-state index in [1.807, 2.05) is 38.1 Å². The Morgan fingerprint density at radius 2 is 1.65 bits per heavy atom. The van der Waals surface area contributed by atoms with Gasteiger partial charge in [0.1, 0.15) is 7.85 Å². The van der Waals surface area contributed by atoms with Gasteiger partial charge in [0.15, 0.2) is 0 Å². The van der Waals surface area contributed by atoms with E-state index in [0.717, 1.165) is 22.2 Å². The Morgan fingerprint density at radius 1 is 1.13 bits per heavy atom. The highest BCUT2D eigenvalue weighted by molar-refractivity contribution is 6.42. The fourth-order valence-corrected chi connectivity index (χ4v) is 2.27. The standard InChI is InChI=1S/C12H14BNO.C6H14O2/c1-8-4-3-5-9-10(13)6-7-12(2,14-15)11(8)9;1-5(2,7)6(3,4)8/h3-6,14-15H,7H2,1-2H3;7-8H,1-4H3. The maximum atomic E-state index is 9.29. The molecule has 1 aliphatic carbocycles. The monoisotopic (exact) mass is 317 g/mol. The molecule has 0 amide bonds. The van der Waals surface area contributed by atoms with Crippen LogP contribution in [0, 0.1) is 6.92 Å². The molecule has 0 spiro atoms. The topological polar surface area (TPSA) is 72.7 Å². The second kappa shape index (κ2) is 6.77. The van der Waals surface area contributed by atoms with Crippen molar-refractivity contribution in [2.45, 2.75) is 64.7 Å². The maximum Gasteiger partial charge on any atom is 0.114 e. The number of aryl methyl sites for hydroxylation is 1. The number of hydrogen-bond donors (Lipinski definition) is 4. The summed E-state index contributed by atoms with van der Waals surface area (Å²) in [6.07, 6.45) is 2.65. The molecule has 0 saturated heterocycles. The lowest BCUT2D eigenvalue weighted by Gasteiger charge is -2.35. The van der Waals surface area contributed by atoms with Gasteiger partial charge in [0.2, 0.25) is 0 Å². The van der Waals surface area contributed by atoms with Crippen LogP contribution in [0.5, 0.6) is 0 Å². The summed E-state index contributed by atoms with van der Waals surface area (Å²) in [4.78, 5) is 0. The summed E-state index contributed by atoms with van der Waals surface area (Å²) < 4.78 is 0. The van der Waals surface area contributed by atoms with Crippen molar-refractivity contribution in [1.29, 1.82) is 0 Å². The molecule has 1 aromatic carbocycles. The predicted octanol–water partition coefficient (Wildman–Crippen LogP) is 2.63. The fraction of sp³-hybridized carbons (Fsp3) is 0.556. The van der Waals surface area contributed by atoms with Gasteiger partial charge in [-0.05, 0) is 64.7 Å². The fourth-order valence-electron chi connectivity index (χ4n) is 2.27. The average molecular weight is 317 g/mol. The van der Waals surface area contributed by atoms with E-state index in [0.29, 0.717) is 6.42 Å². The lowest BCUT2D eigenvalue weighted by molar-refractivity contribution is -0.107. The van der Waals surface area contributed by atoms with Gasteiger partial charge in [0.05, 0.1) is 16.7 Å². The summed E-state index contributed by atoms with van der Waals surface area (Å²) >= 11 is 0. The summed E-state index contributed by atoms with van der Waals surface area (Å²) in [7, 11) is 5.94. The Balaban J connectivity index is 0.000000284. The number of hydrogen-bond acceptors (Lipinski definition) is 4. The molecule has 2 rings (SSSR count). The third-order valence-corrected chi connectivity index (χ3v) is 4.61. The van der Waals surface area contributed by atoms with Crippen LogP contribution in [0.2, 0.25) is 0 Å². The van der Waals surface area contributed by atoms with Gasteiger partial charge >= 0.3 is 0 Å². The van der Waals surface area contributed by atoms with E-state index >= 15 is 0 Å². The molecule has 1 unspecified atom stereocenters. The van der Waals surface area contributed by atoms with Crippen LogP contribution in [0.25, 0.3) is 5.47 Å². The summed E-state index contributed by atoms with van der Waals surface area (Å²) in [5.74, 6) is 0. The molecule has 5 heteroatoms. The first-order valence-electron chi connectivity index (χ1n) is 7.75. The van der Waals surface area contributed by atoms with E-state index in [1.54, 1.807) is 27.7 Å². The molecule has 1 atom stereocenters. The number of aliphatic hydroxyl groups is 2. The van der Waals surface area contributed by atoms with Crippen LogP contribution in [-0.2, 0) is 5.54 Å². The minimum Gasteiger partial charge on any atom is -0.387 e. The van der Waals surface area contributed by atoms with Crippen LogP contribution < -0.4 is 5.48 Å². The number of fused-ring (bicyclic) bond motifs is 1. The molecule has 1 aliphatic rings. The molecule has 0 fully saturated rings. The van der Waals surface area contributed by atoms with Crippen molar-refractivity contribution in [2.75, 3.05) is 0 Å². The van der Waals surface area contributed by atoms with Gasteiger partial charge in [0.25, 0.3) is 0 Å². The van der Waals surface area contributed by atoms with Crippen LogP contribution in [0.4, 0.5) is 0 Å². The zero-order valence-electron chi connectivity index (χ0n) is 14.9. The maximum absolute atomic E-state index is 9.29. The number of benzene rings is 1. The van der Waals surface area contributed by atoms with Crippen molar-refractivity contribution in [3.8, 4) is 0 Å². The van der Waals surface area contributed by atoms with Crippen molar-refractivity contribution in [3.05, 3.63) is 41.0 Å². The van der Waals surface area contributed by atoms with E-state index in [1.165, 1.54) is 0 Å². The van der Waals surface area contributed by atoms with Gasteiger partial charge in [0, 0.05) is 0 Å². The molecule has 0 heterocycles. The Kier molecular flexibility index (Phi) is 5.86. The molecule has 1 aromatic rings. The lowest BCUT2D eigenvalue weighted by atomic mass is 9.71. The van der Waals surface area contributed by atoms with E-state index in [9.17, 15) is 5.21 Å². The highest BCUT2D eigenvalue weighted by Crippen LogP contribution is 2.37. The normalized spacial score (nSPS) is 21.0. The molecular weight excluding hydrogens is 289 g/mol. The van der Waals surface area contributed by atoms with Crippen molar-refractivity contribution in [2.24, 2.45) is 0 Å². The van der Waals surface area contributed by atoms with Crippen molar-refractivity contribution in [1.82, 2.24) is 5.48 Å². The highest BCUT2D eigenvalue weighted by atomic mass is 16.5. The molecule has 126 valence electrons. The average Bonchev–Trinajstić information content (AvgIpc) is 2.42. The molecule has 0 bridgehead atoms.